The molecule has 0 aliphatic rings. The summed E-state index contributed by atoms with van der Waals surface area (Å²) in [6.45, 7) is -6.44. The number of hydrogen-bond acceptors (Lipinski definition) is 0. The van der Waals surface area contributed by atoms with Gasteiger partial charge in [-0.15, -0.1) is 0 Å². The molecule has 9 heteroatoms. The summed E-state index contributed by atoms with van der Waals surface area (Å²) < 4.78 is 0. The van der Waals surface area contributed by atoms with E-state index in [2.05, 4.69) is 400 Å². The van der Waals surface area contributed by atoms with Gasteiger partial charge in [-0.3, -0.25) is 0 Å². The van der Waals surface area contributed by atoms with Gasteiger partial charge in [-0.25, -0.2) is 0 Å². The first-order valence-corrected chi connectivity index (χ1v) is 40.3. The van der Waals surface area contributed by atoms with E-state index in [4.69, 9.17) is 0 Å². The van der Waals surface area contributed by atoms with Crippen LogP contribution in [-0.4, -0.2) is 0 Å². The van der Waals surface area contributed by atoms with E-state index in [1.807, 2.05) is 0 Å². The van der Waals surface area contributed by atoms with E-state index in [-0.39, 0.29) is 20.4 Å². The molecule has 0 bridgehead atoms. The fourth-order valence-electron chi connectivity index (χ4n) is 9.75. The fraction of sp³-hybridized carbons (Fsp3) is 0. The standard InChI is InChI=1S/4C18H17P2.Pd/c4*19-20(16-10-4-1-5-11-16,17-12-6-2-7-13-17)18-14-8-3-9-15-18;/h4*1-15H,19H2;/q4*+1;. The normalized spacial score (nSPS) is 11.1. The van der Waals surface area contributed by atoms with Crippen LogP contribution in [0.15, 0.2) is 364 Å². The average molecular weight is 1290 g/mol. The van der Waals surface area contributed by atoms with Crippen LogP contribution in [0.25, 0.3) is 0 Å². The Morgan fingerprint density at radius 1 is 0.123 bits per heavy atom. The van der Waals surface area contributed by atoms with Crippen molar-refractivity contribution < 1.29 is 20.4 Å². The molecule has 0 fully saturated rings. The van der Waals surface area contributed by atoms with Gasteiger partial charge in [0.15, 0.2) is 0 Å². The maximum atomic E-state index is 3.17. The van der Waals surface area contributed by atoms with E-state index in [9.17, 15) is 0 Å². The van der Waals surface area contributed by atoms with Crippen molar-refractivity contribution in [2.24, 2.45) is 0 Å². The molecule has 0 aromatic heterocycles. The van der Waals surface area contributed by atoms with Crippen molar-refractivity contribution in [3.63, 3.8) is 0 Å². The summed E-state index contributed by atoms with van der Waals surface area (Å²) in [7, 11) is 12.7. The topological polar surface area (TPSA) is 0 Å². The summed E-state index contributed by atoms with van der Waals surface area (Å²) in [4.78, 5) is 0. The minimum atomic E-state index is -1.61. The second kappa shape index (κ2) is 30.9. The smallest absolute Gasteiger partial charge is 0.0620 e. The van der Waals surface area contributed by atoms with Gasteiger partial charge in [0.05, 0.1) is 0 Å². The maximum absolute atomic E-state index is 3.17. The van der Waals surface area contributed by atoms with Crippen LogP contribution in [0.2, 0.25) is 0 Å². The summed E-state index contributed by atoms with van der Waals surface area (Å²) >= 11 is 0. The third kappa shape index (κ3) is 14.9. The van der Waals surface area contributed by atoms with Crippen molar-refractivity contribution in [2.45, 2.75) is 0 Å². The molecule has 0 saturated heterocycles. The Labute approximate surface area is 507 Å². The van der Waals surface area contributed by atoms with Gasteiger partial charge in [0.25, 0.3) is 0 Å². The van der Waals surface area contributed by atoms with Crippen LogP contribution in [-0.2, 0) is 20.4 Å². The monoisotopic (exact) mass is 1290 g/mol. The molecule has 0 spiro atoms. The van der Waals surface area contributed by atoms with Crippen molar-refractivity contribution in [3.05, 3.63) is 364 Å². The van der Waals surface area contributed by atoms with Gasteiger partial charge in [0.2, 0.25) is 0 Å². The molecule has 12 rings (SSSR count). The maximum Gasteiger partial charge on any atom is 0.124 e. The Bertz CT molecular complexity index is 2770. The third-order valence-electron chi connectivity index (χ3n) is 14.0. The van der Waals surface area contributed by atoms with Gasteiger partial charge in [0, 0.05) is 56.1 Å². The van der Waals surface area contributed by atoms with Crippen LogP contribution in [0.3, 0.4) is 0 Å². The zero-order valence-electron chi connectivity index (χ0n) is 45.1. The van der Waals surface area contributed by atoms with E-state index in [0.717, 1.165) is 0 Å². The molecule has 0 N–H and O–H groups in total. The summed E-state index contributed by atoms with van der Waals surface area (Å²) in [5.41, 5.74) is 0. The van der Waals surface area contributed by atoms with E-state index < -0.39 is 27.8 Å². The molecule has 0 saturated carbocycles. The van der Waals surface area contributed by atoms with E-state index >= 15 is 0 Å². The molecule has 0 radical (unpaired) electrons. The Morgan fingerprint density at radius 3 is 0.247 bits per heavy atom. The van der Waals surface area contributed by atoms with Crippen LogP contribution in [0.4, 0.5) is 0 Å². The minimum Gasteiger partial charge on any atom is -0.0620 e. The molecular formula is C72H68P8Pd+4. The zero-order chi connectivity index (χ0) is 55.4. The van der Waals surface area contributed by atoms with Gasteiger partial charge in [-0.05, 0) is 146 Å². The van der Waals surface area contributed by atoms with E-state index in [0.29, 0.717) is 0 Å². The van der Waals surface area contributed by atoms with Crippen molar-refractivity contribution in [1.29, 1.82) is 0 Å². The fourth-order valence-corrected chi connectivity index (χ4v) is 27.2. The largest absolute Gasteiger partial charge is 0.124 e. The SMILES string of the molecule is P[P+](c1ccccc1)(c1ccccc1)c1ccccc1.P[P+](c1ccccc1)(c1ccccc1)c1ccccc1.P[P+](c1ccccc1)(c1ccccc1)c1ccccc1.P[P+](c1ccccc1)(c1ccccc1)c1ccccc1.[Pd]. The van der Waals surface area contributed by atoms with Gasteiger partial charge in [-0.2, -0.15) is 0 Å². The summed E-state index contributed by atoms with van der Waals surface area (Å²) in [5.74, 6) is 0. The zero-order valence-corrected chi connectivity index (χ0v) is 54.8. The van der Waals surface area contributed by atoms with Crippen LogP contribution in [0.1, 0.15) is 0 Å². The molecule has 0 aliphatic heterocycles. The first-order valence-electron chi connectivity index (χ1n) is 26.6. The molecule has 4 atom stereocenters. The van der Waals surface area contributed by atoms with Crippen molar-refractivity contribution in [3.8, 4) is 0 Å². The number of benzene rings is 12. The van der Waals surface area contributed by atoms with E-state index in [1.165, 1.54) is 63.7 Å². The number of rotatable bonds is 12. The Morgan fingerprint density at radius 2 is 0.185 bits per heavy atom. The van der Waals surface area contributed by atoms with Crippen LogP contribution < -0.4 is 63.7 Å². The molecule has 12 aromatic rings. The third-order valence-corrected chi connectivity index (χ3v) is 38.0. The number of hydrogen-bond donors (Lipinski definition) is 0. The molecule has 4 unspecified atom stereocenters. The van der Waals surface area contributed by atoms with Gasteiger partial charge in [0.1, 0.15) is 91.5 Å². The van der Waals surface area contributed by atoms with Gasteiger partial charge < -0.3 is 0 Å². The molecule has 81 heavy (non-hydrogen) atoms. The first-order chi connectivity index (χ1) is 39.3. The summed E-state index contributed by atoms with van der Waals surface area (Å²) in [6, 6.07) is 130. The minimum absolute atomic E-state index is 0. The van der Waals surface area contributed by atoms with Gasteiger partial charge in [-0.1, -0.05) is 218 Å². The van der Waals surface area contributed by atoms with Crippen molar-refractivity contribution in [2.75, 3.05) is 0 Å². The Balaban J connectivity index is 0.000000141. The van der Waals surface area contributed by atoms with Gasteiger partial charge >= 0.3 is 0 Å². The molecule has 402 valence electrons. The Kier molecular flexibility index (Phi) is 23.6. The average Bonchev–Trinajstić information content (AvgIpc) is 3.63. The Hall–Kier alpha value is -5.26. The van der Waals surface area contributed by atoms with Crippen LogP contribution in [0.5, 0.6) is 0 Å². The molecule has 0 aliphatic carbocycles. The second-order valence-corrected chi connectivity index (χ2v) is 40.2. The van der Waals surface area contributed by atoms with Crippen LogP contribution >= 0.6 is 63.5 Å². The second-order valence-electron chi connectivity index (χ2n) is 18.9. The molecule has 0 amide bonds. The quantitative estimate of drug-likeness (QED) is 0.0845. The van der Waals surface area contributed by atoms with Crippen molar-refractivity contribution >= 4 is 127 Å². The molecule has 0 heterocycles. The molecule has 0 nitrogen and oxygen atoms in total. The van der Waals surface area contributed by atoms with Crippen molar-refractivity contribution in [1.82, 2.24) is 0 Å². The van der Waals surface area contributed by atoms with E-state index in [1.54, 1.807) is 0 Å². The molecule has 12 aromatic carbocycles. The van der Waals surface area contributed by atoms with Crippen LogP contribution in [0, 0.1) is 0 Å². The summed E-state index contributed by atoms with van der Waals surface area (Å²) in [6.07, 6.45) is 0. The first kappa shape index (κ1) is 61.8. The summed E-state index contributed by atoms with van der Waals surface area (Å²) in [5, 5.41) is 16.7. The predicted molar refractivity (Wildman–Crippen MR) is 379 cm³/mol. The molecular weight excluding hydrogens is 1220 g/mol. The predicted octanol–water partition coefficient (Wildman–Crippen LogP) is 15.1.